The van der Waals surface area contributed by atoms with E-state index in [2.05, 4.69) is 15.3 Å². The van der Waals surface area contributed by atoms with Crippen molar-refractivity contribution < 1.29 is 4.79 Å². The molecule has 0 saturated heterocycles. The highest BCUT2D eigenvalue weighted by Gasteiger charge is 2.11. The summed E-state index contributed by atoms with van der Waals surface area (Å²) in [6.45, 7) is 2.00. The maximum Gasteiger partial charge on any atom is 0.258 e. The van der Waals surface area contributed by atoms with Crippen molar-refractivity contribution in [2.24, 2.45) is 0 Å². The largest absolute Gasteiger partial charge is 0.290 e. The number of benzene rings is 1. The Morgan fingerprint density at radius 1 is 1.33 bits per heavy atom. The van der Waals surface area contributed by atoms with Gasteiger partial charge >= 0.3 is 0 Å². The summed E-state index contributed by atoms with van der Waals surface area (Å²) >= 11 is 5.73. The third-order valence-corrected chi connectivity index (χ3v) is 2.70. The number of amides is 1. The molecule has 0 aliphatic heterocycles. The molecule has 1 heterocycles. The minimum atomic E-state index is -0.227. The van der Waals surface area contributed by atoms with Crippen molar-refractivity contribution in [1.82, 2.24) is 9.97 Å². The van der Waals surface area contributed by atoms with Crippen molar-refractivity contribution in [3.63, 3.8) is 0 Å². The highest BCUT2D eigenvalue weighted by molar-refractivity contribution is 6.29. The summed E-state index contributed by atoms with van der Waals surface area (Å²) in [5, 5.41) is 2.92. The lowest BCUT2D eigenvalue weighted by atomic mass is 10.1. The molecular formula is C13H12ClN3O. The monoisotopic (exact) mass is 261 g/mol. The number of hydrogen-bond acceptors (Lipinski definition) is 3. The van der Waals surface area contributed by atoms with Crippen molar-refractivity contribution in [3.8, 4) is 0 Å². The molecule has 1 amide bonds. The van der Waals surface area contributed by atoms with Crippen LogP contribution in [0.2, 0.25) is 5.15 Å². The highest BCUT2D eigenvalue weighted by atomic mass is 35.5. The third-order valence-electron chi connectivity index (χ3n) is 2.49. The number of aromatic nitrogens is 2. The molecule has 5 heteroatoms. The summed E-state index contributed by atoms with van der Waals surface area (Å²) in [5.74, 6) is -0.0203. The van der Waals surface area contributed by atoms with Crippen LogP contribution in [-0.2, 0) is 6.42 Å². The fourth-order valence-corrected chi connectivity index (χ4v) is 1.75. The molecule has 0 spiro atoms. The fraction of sp³-hybridized carbons (Fsp3) is 0.154. The van der Waals surface area contributed by atoms with Gasteiger partial charge in [0.05, 0.1) is 0 Å². The second-order valence-corrected chi connectivity index (χ2v) is 4.06. The van der Waals surface area contributed by atoms with E-state index < -0.39 is 0 Å². The van der Waals surface area contributed by atoms with E-state index in [0.717, 1.165) is 12.0 Å². The Balaban J connectivity index is 2.22. The average molecular weight is 262 g/mol. The normalized spacial score (nSPS) is 10.1. The molecule has 0 aliphatic carbocycles. The summed E-state index contributed by atoms with van der Waals surface area (Å²) in [7, 11) is 0. The molecule has 2 rings (SSSR count). The van der Waals surface area contributed by atoms with Gasteiger partial charge in [0.2, 0.25) is 5.95 Å². The highest BCUT2D eigenvalue weighted by Crippen LogP contribution is 2.12. The zero-order valence-corrected chi connectivity index (χ0v) is 10.6. The van der Waals surface area contributed by atoms with E-state index in [1.54, 1.807) is 12.1 Å². The molecule has 1 aromatic carbocycles. The van der Waals surface area contributed by atoms with Gasteiger partial charge in [0.15, 0.2) is 0 Å². The quantitative estimate of drug-likeness (QED) is 0.865. The van der Waals surface area contributed by atoms with Crippen molar-refractivity contribution >= 4 is 23.5 Å². The van der Waals surface area contributed by atoms with Crippen LogP contribution in [-0.4, -0.2) is 15.9 Å². The predicted octanol–water partition coefficient (Wildman–Crippen LogP) is 2.94. The molecule has 0 aliphatic rings. The minimum absolute atomic E-state index is 0.207. The van der Waals surface area contributed by atoms with Gasteiger partial charge in [-0.1, -0.05) is 36.7 Å². The standard InChI is InChI=1S/C13H12ClN3O/c1-2-9-5-3-4-6-10(9)12(18)17-13-15-8-7-11(14)16-13/h3-8H,2H2,1H3,(H,15,16,17,18). The number of aryl methyl sites for hydroxylation is 1. The summed E-state index contributed by atoms with van der Waals surface area (Å²) in [6, 6.07) is 8.99. The molecule has 0 radical (unpaired) electrons. The molecule has 0 fully saturated rings. The smallest absolute Gasteiger partial charge is 0.258 e. The number of nitrogens with one attached hydrogen (secondary N) is 1. The van der Waals surface area contributed by atoms with Gasteiger partial charge in [-0.2, -0.15) is 0 Å². The lowest BCUT2D eigenvalue weighted by molar-refractivity contribution is 0.102. The molecule has 92 valence electrons. The lowest BCUT2D eigenvalue weighted by Gasteiger charge is -2.07. The van der Waals surface area contributed by atoms with Gasteiger partial charge in [-0.05, 0) is 24.1 Å². The second-order valence-electron chi connectivity index (χ2n) is 3.67. The van der Waals surface area contributed by atoms with E-state index in [0.29, 0.717) is 10.7 Å². The van der Waals surface area contributed by atoms with E-state index in [1.807, 2.05) is 25.1 Å². The van der Waals surface area contributed by atoms with E-state index in [1.165, 1.54) is 6.20 Å². The van der Waals surface area contributed by atoms with Crippen LogP contribution in [0.25, 0.3) is 0 Å². The Bertz CT molecular complexity index is 572. The first kappa shape index (κ1) is 12.5. The van der Waals surface area contributed by atoms with Crippen LogP contribution in [0.15, 0.2) is 36.5 Å². The predicted molar refractivity (Wildman–Crippen MR) is 70.8 cm³/mol. The summed E-state index contributed by atoms with van der Waals surface area (Å²) in [5.41, 5.74) is 1.61. The Kier molecular flexibility index (Phi) is 3.89. The van der Waals surface area contributed by atoms with Crippen LogP contribution in [0.4, 0.5) is 5.95 Å². The Hall–Kier alpha value is -1.94. The summed E-state index contributed by atoms with van der Waals surface area (Å²) in [6.07, 6.45) is 2.29. The first-order valence-electron chi connectivity index (χ1n) is 5.58. The van der Waals surface area contributed by atoms with Gasteiger partial charge in [-0.25, -0.2) is 9.97 Å². The maximum absolute atomic E-state index is 12.1. The van der Waals surface area contributed by atoms with E-state index in [-0.39, 0.29) is 11.9 Å². The SMILES string of the molecule is CCc1ccccc1C(=O)Nc1nccc(Cl)n1. The fourth-order valence-electron chi connectivity index (χ4n) is 1.62. The number of halogens is 1. The van der Waals surface area contributed by atoms with Crippen molar-refractivity contribution in [2.45, 2.75) is 13.3 Å². The maximum atomic E-state index is 12.1. The van der Waals surface area contributed by atoms with E-state index in [4.69, 9.17) is 11.6 Å². The molecule has 0 unspecified atom stereocenters. The molecule has 1 N–H and O–H groups in total. The van der Waals surface area contributed by atoms with Gasteiger partial charge in [0, 0.05) is 11.8 Å². The van der Waals surface area contributed by atoms with Gasteiger partial charge in [0.25, 0.3) is 5.91 Å². The lowest BCUT2D eigenvalue weighted by Crippen LogP contribution is -2.15. The molecule has 4 nitrogen and oxygen atoms in total. The number of nitrogens with zero attached hydrogens (tertiary/aromatic N) is 2. The molecule has 2 aromatic rings. The molecular weight excluding hydrogens is 250 g/mol. The summed E-state index contributed by atoms with van der Waals surface area (Å²) in [4.78, 5) is 19.9. The molecule has 0 atom stereocenters. The van der Waals surface area contributed by atoms with Crippen LogP contribution in [0.5, 0.6) is 0 Å². The topological polar surface area (TPSA) is 54.9 Å². The van der Waals surface area contributed by atoms with Gasteiger partial charge < -0.3 is 0 Å². The zero-order chi connectivity index (χ0) is 13.0. The molecule has 1 aromatic heterocycles. The van der Waals surface area contributed by atoms with Crippen molar-refractivity contribution in [1.29, 1.82) is 0 Å². The number of anilines is 1. The van der Waals surface area contributed by atoms with Crippen molar-refractivity contribution in [3.05, 3.63) is 52.8 Å². The van der Waals surface area contributed by atoms with Gasteiger partial charge in [-0.3, -0.25) is 10.1 Å². The van der Waals surface area contributed by atoms with Crippen LogP contribution in [0.1, 0.15) is 22.8 Å². The van der Waals surface area contributed by atoms with Crippen LogP contribution in [0, 0.1) is 0 Å². The summed E-state index contributed by atoms with van der Waals surface area (Å²) < 4.78 is 0. The Morgan fingerprint density at radius 3 is 2.83 bits per heavy atom. The van der Waals surface area contributed by atoms with E-state index >= 15 is 0 Å². The Labute approximate surface area is 110 Å². The Morgan fingerprint density at radius 2 is 2.11 bits per heavy atom. The number of hydrogen-bond donors (Lipinski definition) is 1. The third kappa shape index (κ3) is 2.84. The zero-order valence-electron chi connectivity index (χ0n) is 9.85. The average Bonchev–Trinajstić information content (AvgIpc) is 2.38. The van der Waals surface area contributed by atoms with E-state index in [9.17, 15) is 4.79 Å². The first-order chi connectivity index (χ1) is 8.70. The van der Waals surface area contributed by atoms with Gasteiger partial charge in [0.1, 0.15) is 5.15 Å². The van der Waals surface area contributed by atoms with Crippen molar-refractivity contribution in [2.75, 3.05) is 5.32 Å². The number of carbonyl (C=O) groups excluding carboxylic acids is 1. The molecule has 0 saturated carbocycles. The van der Waals surface area contributed by atoms with Crippen LogP contribution >= 0.6 is 11.6 Å². The van der Waals surface area contributed by atoms with Crippen LogP contribution in [0.3, 0.4) is 0 Å². The first-order valence-corrected chi connectivity index (χ1v) is 5.96. The van der Waals surface area contributed by atoms with Crippen LogP contribution < -0.4 is 5.32 Å². The number of carbonyl (C=O) groups is 1. The minimum Gasteiger partial charge on any atom is -0.290 e. The molecule has 0 bridgehead atoms. The van der Waals surface area contributed by atoms with Gasteiger partial charge in [-0.15, -0.1) is 0 Å². The molecule has 18 heavy (non-hydrogen) atoms. The number of rotatable bonds is 3. The second kappa shape index (κ2) is 5.60.